The van der Waals surface area contributed by atoms with E-state index in [1.807, 2.05) is 12.1 Å². The van der Waals surface area contributed by atoms with Gasteiger partial charge >= 0.3 is 0 Å². The van der Waals surface area contributed by atoms with Gasteiger partial charge in [0.15, 0.2) is 0 Å². The Labute approximate surface area is 106 Å². The van der Waals surface area contributed by atoms with Crippen LogP contribution in [-0.2, 0) is 11.3 Å². The number of anilines is 1. The lowest BCUT2D eigenvalue weighted by Gasteiger charge is -2.25. The van der Waals surface area contributed by atoms with Crippen LogP contribution >= 0.6 is 15.9 Å². The number of ether oxygens (including phenoxy) is 1. The molecule has 4 heteroatoms. The standard InChI is InChI=1S/C12H19BrN2O/c1-3-15(7-8-16-2)12-6-4-5-11(13)10(12)9-14/h4-6H,3,7-9,14H2,1-2H3. The van der Waals surface area contributed by atoms with Gasteiger partial charge in [-0.25, -0.2) is 0 Å². The highest BCUT2D eigenvalue weighted by Crippen LogP contribution is 2.27. The van der Waals surface area contributed by atoms with Gasteiger partial charge in [-0.3, -0.25) is 0 Å². The van der Waals surface area contributed by atoms with Crippen molar-refractivity contribution < 1.29 is 4.74 Å². The van der Waals surface area contributed by atoms with Gasteiger partial charge in [0.05, 0.1) is 6.61 Å². The van der Waals surface area contributed by atoms with Crippen molar-refractivity contribution in [2.24, 2.45) is 5.73 Å². The number of benzene rings is 1. The Kier molecular flexibility index (Phi) is 5.80. The molecular formula is C12H19BrN2O. The Morgan fingerprint density at radius 2 is 2.19 bits per heavy atom. The van der Waals surface area contributed by atoms with Gasteiger partial charge in [-0.05, 0) is 19.1 Å². The molecule has 0 fully saturated rings. The molecule has 1 rings (SSSR count). The van der Waals surface area contributed by atoms with Crippen molar-refractivity contribution in [3.05, 3.63) is 28.2 Å². The number of nitrogens with two attached hydrogens (primary N) is 1. The normalized spacial score (nSPS) is 10.5. The molecule has 0 amide bonds. The zero-order chi connectivity index (χ0) is 12.0. The smallest absolute Gasteiger partial charge is 0.0637 e. The molecule has 16 heavy (non-hydrogen) atoms. The van der Waals surface area contributed by atoms with Crippen LogP contribution in [0.5, 0.6) is 0 Å². The highest BCUT2D eigenvalue weighted by atomic mass is 79.9. The van der Waals surface area contributed by atoms with Crippen LogP contribution in [0.1, 0.15) is 12.5 Å². The van der Waals surface area contributed by atoms with Gasteiger partial charge in [-0.1, -0.05) is 22.0 Å². The Morgan fingerprint density at radius 1 is 1.44 bits per heavy atom. The minimum absolute atomic E-state index is 0.542. The summed E-state index contributed by atoms with van der Waals surface area (Å²) in [6.45, 7) is 5.24. The van der Waals surface area contributed by atoms with E-state index in [9.17, 15) is 0 Å². The quantitative estimate of drug-likeness (QED) is 0.873. The number of methoxy groups -OCH3 is 1. The van der Waals surface area contributed by atoms with Gasteiger partial charge in [0.2, 0.25) is 0 Å². The minimum atomic E-state index is 0.542. The molecule has 0 aliphatic carbocycles. The second-order valence-electron chi connectivity index (χ2n) is 3.51. The maximum atomic E-state index is 5.78. The molecule has 0 aliphatic rings. The van der Waals surface area contributed by atoms with Crippen molar-refractivity contribution in [3.63, 3.8) is 0 Å². The largest absolute Gasteiger partial charge is 0.383 e. The average Bonchev–Trinajstić information content (AvgIpc) is 2.30. The Morgan fingerprint density at radius 3 is 2.75 bits per heavy atom. The molecule has 0 unspecified atom stereocenters. The lowest BCUT2D eigenvalue weighted by atomic mass is 10.1. The summed E-state index contributed by atoms with van der Waals surface area (Å²) < 4.78 is 6.19. The highest BCUT2D eigenvalue weighted by Gasteiger charge is 2.10. The van der Waals surface area contributed by atoms with E-state index in [0.29, 0.717) is 6.54 Å². The zero-order valence-electron chi connectivity index (χ0n) is 9.87. The fourth-order valence-corrected chi connectivity index (χ4v) is 2.21. The summed E-state index contributed by atoms with van der Waals surface area (Å²) in [6, 6.07) is 6.16. The SMILES string of the molecule is CCN(CCOC)c1cccc(Br)c1CN. The van der Waals surface area contributed by atoms with Crippen LogP contribution in [0.3, 0.4) is 0 Å². The molecule has 0 bridgehead atoms. The first-order valence-electron chi connectivity index (χ1n) is 5.45. The van der Waals surface area contributed by atoms with E-state index in [2.05, 4.69) is 33.8 Å². The Hall–Kier alpha value is -0.580. The summed E-state index contributed by atoms with van der Waals surface area (Å²) in [7, 11) is 1.72. The number of rotatable bonds is 6. The number of halogens is 1. The molecule has 0 heterocycles. The van der Waals surface area contributed by atoms with Gasteiger partial charge in [-0.2, -0.15) is 0 Å². The van der Waals surface area contributed by atoms with Crippen molar-refractivity contribution in [2.45, 2.75) is 13.5 Å². The van der Waals surface area contributed by atoms with Gasteiger partial charge in [-0.15, -0.1) is 0 Å². The van der Waals surface area contributed by atoms with Crippen LogP contribution in [0, 0.1) is 0 Å². The molecule has 0 aromatic heterocycles. The summed E-state index contributed by atoms with van der Waals surface area (Å²) in [5.74, 6) is 0. The van der Waals surface area contributed by atoms with Crippen molar-refractivity contribution >= 4 is 21.6 Å². The van der Waals surface area contributed by atoms with Gasteiger partial charge in [0.1, 0.15) is 0 Å². The summed E-state index contributed by atoms with van der Waals surface area (Å²) in [4.78, 5) is 2.27. The molecule has 0 aliphatic heterocycles. The molecule has 0 saturated carbocycles. The van der Waals surface area contributed by atoms with Crippen LogP contribution in [0.4, 0.5) is 5.69 Å². The molecule has 0 spiro atoms. The van der Waals surface area contributed by atoms with E-state index >= 15 is 0 Å². The monoisotopic (exact) mass is 286 g/mol. The second-order valence-corrected chi connectivity index (χ2v) is 4.37. The Balaban J connectivity index is 2.94. The molecule has 0 atom stereocenters. The van der Waals surface area contributed by atoms with Crippen LogP contribution in [0.15, 0.2) is 22.7 Å². The molecule has 0 saturated heterocycles. The first-order chi connectivity index (χ1) is 7.74. The lowest BCUT2D eigenvalue weighted by Crippen LogP contribution is -2.28. The van der Waals surface area contributed by atoms with Crippen LogP contribution in [0.25, 0.3) is 0 Å². The molecule has 3 nitrogen and oxygen atoms in total. The first kappa shape index (κ1) is 13.5. The number of hydrogen-bond acceptors (Lipinski definition) is 3. The molecule has 90 valence electrons. The van der Waals surface area contributed by atoms with Gasteiger partial charge < -0.3 is 15.4 Å². The maximum absolute atomic E-state index is 5.78. The van der Waals surface area contributed by atoms with E-state index in [-0.39, 0.29) is 0 Å². The third-order valence-electron chi connectivity index (χ3n) is 2.59. The van der Waals surface area contributed by atoms with E-state index in [1.54, 1.807) is 7.11 Å². The predicted octanol–water partition coefficient (Wildman–Crippen LogP) is 2.38. The van der Waals surface area contributed by atoms with Crippen molar-refractivity contribution in [2.75, 3.05) is 31.7 Å². The van der Waals surface area contributed by atoms with Gasteiger partial charge in [0, 0.05) is 42.5 Å². The molecule has 2 N–H and O–H groups in total. The second kappa shape index (κ2) is 6.89. The summed E-state index contributed by atoms with van der Waals surface area (Å²) in [5, 5.41) is 0. The minimum Gasteiger partial charge on any atom is -0.383 e. The van der Waals surface area contributed by atoms with Gasteiger partial charge in [0.25, 0.3) is 0 Å². The molecule has 1 aromatic carbocycles. The van der Waals surface area contributed by atoms with E-state index in [1.165, 1.54) is 5.69 Å². The Bertz CT molecular complexity index is 331. The maximum Gasteiger partial charge on any atom is 0.0637 e. The number of nitrogens with zero attached hydrogens (tertiary/aromatic N) is 1. The summed E-state index contributed by atoms with van der Waals surface area (Å²) >= 11 is 3.54. The number of likely N-dealkylation sites (N-methyl/N-ethyl adjacent to an activating group) is 1. The third-order valence-corrected chi connectivity index (χ3v) is 3.33. The fourth-order valence-electron chi connectivity index (χ4n) is 1.70. The van der Waals surface area contributed by atoms with Crippen molar-refractivity contribution in [1.82, 2.24) is 0 Å². The van der Waals surface area contributed by atoms with Crippen molar-refractivity contribution in [1.29, 1.82) is 0 Å². The van der Waals surface area contributed by atoms with Crippen LogP contribution in [-0.4, -0.2) is 26.8 Å². The third kappa shape index (κ3) is 3.20. The van der Waals surface area contributed by atoms with Crippen LogP contribution in [0.2, 0.25) is 0 Å². The predicted molar refractivity (Wildman–Crippen MR) is 71.8 cm³/mol. The average molecular weight is 287 g/mol. The van der Waals surface area contributed by atoms with E-state index in [4.69, 9.17) is 10.5 Å². The number of hydrogen-bond donors (Lipinski definition) is 1. The first-order valence-corrected chi connectivity index (χ1v) is 6.25. The fraction of sp³-hybridized carbons (Fsp3) is 0.500. The highest BCUT2D eigenvalue weighted by molar-refractivity contribution is 9.10. The summed E-state index contributed by atoms with van der Waals surface area (Å²) in [6.07, 6.45) is 0. The van der Waals surface area contributed by atoms with E-state index < -0.39 is 0 Å². The van der Waals surface area contributed by atoms with Crippen molar-refractivity contribution in [3.8, 4) is 0 Å². The summed E-state index contributed by atoms with van der Waals surface area (Å²) in [5.41, 5.74) is 8.13. The molecular weight excluding hydrogens is 268 g/mol. The topological polar surface area (TPSA) is 38.5 Å². The van der Waals surface area contributed by atoms with Crippen LogP contribution < -0.4 is 10.6 Å². The molecule has 0 radical (unpaired) electrons. The zero-order valence-corrected chi connectivity index (χ0v) is 11.5. The molecule has 1 aromatic rings. The lowest BCUT2D eigenvalue weighted by molar-refractivity contribution is 0.205. The van der Waals surface area contributed by atoms with E-state index in [0.717, 1.165) is 29.7 Å².